The largest absolute Gasteiger partial charge is 0.458 e. The van der Waals surface area contributed by atoms with Crippen molar-refractivity contribution in [2.24, 2.45) is 14.1 Å². The molecule has 0 aliphatic heterocycles. The molecule has 0 radical (unpaired) electrons. The van der Waals surface area contributed by atoms with Crippen molar-refractivity contribution in [1.29, 1.82) is 0 Å². The first-order valence-corrected chi connectivity index (χ1v) is 6.81. The van der Waals surface area contributed by atoms with Gasteiger partial charge in [0.2, 0.25) is 0 Å². The molecule has 0 aromatic carbocycles. The Balaban J connectivity index is 1.74. The first kappa shape index (κ1) is 15.6. The predicted octanol–water partition coefficient (Wildman–Crippen LogP) is 0.349. The molecule has 0 fully saturated rings. The summed E-state index contributed by atoms with van der Waals surface area (Å²) >= 11 is 0. The molecule has 0 N–H and O–H groups in total. The number of esters is 2. The number of nitrogens with zero attached hydrogens (tertiary/aromatic N) is 2. The van der Waals surface area contributed by atoms with Gasteiger partial charge < -0.3 is 9.47 Å². The molecule has 6 nitrogen and oxygen atoms in total. The SMILES string of the molecule is C[n+]1ccc(C(=O)OCCOC(=O)c2cc[n+](C)cc2)cc1. The molecule has 0 atom stereocenters. The van der Waals surface area contributed by atoms with E-state index in [4.69, 9.17) is 9.47 Å². The molecule has 2 rings (SSSR count). The minimum Gasteiger partial charge on any atom is -0.458 e. The van der Waals surface area contributed by atoms with Crippen LogP contribution in [0, 0.1) is 0 Å². The fourth-order valence-electron chi connectivity index (χ4n) is 1.71. The van der Waals surface area contributed by atoms with Crippen LogP contribution < -0.4 is 9.13 Å². The molecule has 0 aliphatic rings. The molecule has 0 spiro atoms. The van der Waals surface area contributed by atoms with E-state index < -0.39 is 11.9 Å². The van der Waals surface area contributed by atoms with Gasteiger partial charge in [-0.15, -0.1) is 0 Å². The van der Waals surface area contributed by atoms with Gasteiger partial charge in [0.1, 0.15) is 27.3 Å². The maximum Gasteiger partial charge on any atom is 0.338 e. The van der Waals surface area contributed by atoms with Crippen LogP contribution in [0.5, 0.6) is 0 Å². The van der Waals surface area contributed by atoms with Crippen LogP contribution in [0.4, 0.5) is 0 Å². The second-order valence-corrected chi connectivity index (χ2v) is 4.78. The van der Waals surface area contributed by atoms with Crippen molar-refractivity contribution in [3.8, 4) is 0 Å². The third-order valence-corrected chi connectivity index (χ3v) is 2.98. The minimum atomic E-state index is -0.441. The molecule has 2 aromatic rings. The molecular formula is C16H18N2O4+2. The highest BCUT2D eigenvalue weighted by Crippen LogP contribution is 2.00. The Morgan fingerprint density at radius 2 is 1.09 bits per heavy atom. The zero-order chi connectivity index (χ0) is 15.9. The second-order valence-electron chi connectivity index (χ2n) is 4.78. The Morgan fingerprint density at radius 3 is 1.41 bits per heavy atom. The average Bonchev–Trinajstić information content (AvgIpc) is 2.52. The summed E-state index contributed by atoms with van der Waals surface area (Å²) in [6.07, 6.45) is 7.02. The smallest absolute Gasteiger partial charge is 0.338 e. The minimum absolute atomic E-state index is 0.0200. The summed E-state index contributed by atoms with van der Waals surface area (Å²) in [4.78, 5) is 23.5. The van der Waals surface area contributed by atoms with E-state index in [9.17, 15) is 9.59 Å². The van der Waals surface area contributed by atoms with E-state index in [1.165, 1.54) is 0 Å². The molecule has 0 unspecified atom stereocenters. The van der Waals surface area contributed by atoms with Crippen molar-refractivity contribution in [2.45, 2.75) is 0 Å². The highest BCUT2D eigenvalue weighted by atomic mass is 16.6. The molecular weight excluding hydrogens is 284 g/mol. The third-order valence-electron chi connectivity index (χ3n) is 2.98. The van der Waals surface area contributed by atoms with Crippen LogP contribution in [0.3, 0.4) is 0 Å². The molecule has 114 valence electrons. The van der Waals surface area contributed by atoms with E-state index in [2.05, 4.69) is 0 Å². The van der Waals surface area contributed by atoms with Gasteiger partial charge in [-0.05, 0) is 0 Å². The third kappa shape index (κ3) is 4.37. The fraction of sp³-hybridized carbons (Fsp3) is 0.250. The molecule has 2 aromatic heterocycles. The Bertz CT molecular complexity index is 591. The van der Waals surface area contributed by atoms with Gasteiger partial charge in [-0.25, -0.2) is 18.7 Å². The zero-order valence-corrected chi connectivity index (χ0v) is 12.6. The Morgan fingerprint density at radius 1 is 0.773 bits per heavy atom. The van der Waals surface area contributed by atoms with Crippen molar-refractivity contribution in [3.63, 3.8) is 0 Å². The van der Waals surface area contributed by atoms with Gasteiger partial charge in [-0.3, -0.25) is 0 Å². The maximum absolute atomic E-state index is 11.7. The van der Waals surface area contributed by atoms with Gasteiger partial charge in [-0.2, -0.15) is 0 Å². The van der Waals surface area contributed by atoms with Crippen LogP contribution >= 0.6 is 0 Å². The van der Waals surface area contributed by atoms with E-state index in [1.807, 2.05) is 23.2 Å². The zero-order valence-electron chi connectivity index (χ0n) is 12.6. The quantitative estimate of drug-likeness (QED) is 0.454. The molecule has 22 heavy (non-hydrogen) atoms. The average molecular weight is 302 g/mol. The lowest BCUT2D eigenvalue weighted by molar-refractivity contribution is -0.671. The topological polar surface area (TPSA) is 60.4 Å². The lowest BCUT2D eigenvalue weighted by Gasteiger charge is -2.06. The highest BCUT2D eigenvalue weighted by Gasteiger charge is 2.11. The number of carbonyl (C=O) groups is 2. The maximum atomic E-state index is 11.7. The van der Waals surface area contributed by atoms with Crippen LogP contribution in [0.25, 0.3) is 0 Å². The molecule has 0 saturated carbocycles. The van der Waals surface area contributed by atoms with Crippen molar-refractivity contribution in [1.82, 2.24) is 0 Å². The van der Waals surface area contributed by atoms with E-state index in [0.717, 1.165) is 0 Å². The Labute approximate surface area is 128 Å². The molecule has 2 heterocycles. The number of aromatic nitrogens is 2. The molecule has 0 amide bonds. The Kier molecular flexibility index (Phi) is 5.19. The van der Waals surface area contributed by atoms with Gasteiger partial charge in [0.05, 0.1) is 11.1 Å². The number of hydrogen-bond acceptors (Lipinski definition) is 4. The molecule has 0 aliphatic carbocycles. The lowest BCUT2D eigenvalue weighted by Crippen LogP contribution is -2.27. The Hall–Kier alpha value is -2.76. The highest BCUT2D eigenvalue weighted by molar-refractivity contribution is 5.89. The first-order chi connectivity index (χ1) is 10.6. The number of aryl methyl sites for hydroxylation is 2. The summed E-state index contributed by atoms with van der Waals surface area (Å²) in [5, 5.41) is 0. The van der Waals surface area contributed by atoms with Gasteiger partial charge in [-0.1, -0.05) is 0 Å². The lowest BCUT2D eigenvalue weighted by atomic mass is 10.3. The summed E-state index contributed by atoms with van der Waals surface area (Å²) in [5.41, 5.74) is 0.917. The van der Waals surface area contributed by atoms with E-state index in [-0.39, 0.29) is 13.2 Å². The van der Waals surface area contributed by atoms with Crippen LogP contribution in [-0.4, -0.2) is 25.2 Å². The van der Waals surface area contributed by atoms with Crippen LogP contribution in [0.15, 0.2) is 49.1 Å². The van der Waals surface area contributed by atoms with Gasteiger partial charge >= 0.3 is 11.9 Å². The summed E-state index contributed by atoms with van der Waals surface area (Å²) < 4.78 is 13.7. The standard InChI is InChI=1S/C16H18N2O4/c1-17-7-3-13(4-8-17)15(19)21-11-12-22-16(20)14-5-9-18(2)10-6-14/h3-10H,11-12H2,1-2H3/q+2. The summed E-state index contributed by atoms with van der Waals surface area (Å²) in [6, 6.07) is 6.66. The van der Waals surface area contributed by atoms with Gasteiger partial charge in [0.25, 0.3) is 0 Å². The van der Waals surface area contributed by atoms with Crippen molar-refractivity contribution in [3.05, 3.63) is 60.2 Å². The summed E-state index contributed by atoms with van der Waals surface area (Å²) in [5.74, 6) is -0.883. The van der Waals surface area contributed by atoms with Crippen molar-refractivity contribution >= 4 is 11.9 Å². The molecule has 6 heteroatoms. The summed E-state index contributed by atoms with van der Waals surface area (Å²) in [7, 11) is 3.72. The number of pyridine rings is 2. The van der Waals surface area contributed by atoms with E-state index in [1.54, 1.807) is 49.1 Å². The number of carbonyl (C=O) groups excluding carboxylic acids is 2. The van der Waals surface area contributed by atoms with Crippen molar-refractivity contribution < 1.29 is 28.2 Å². The van der Waals surface area contributed by atoms with Crippen LogP contribution in [0.2, 0.25) is 0 Å². The second kappa shape index (κ2) is 7.31. The van der Waals surface area contributed by atoms with Crippen LogP contribution in [-0.2, 0) is 23.6 Å². The predicted molar refractivity (Wildman–Crippen MR) is 75.8 cm³/mol. The number of hydrogen-bond donors (Lipinski definition) is 0. The monoisotopic (exact) mass is 302 g/mol. The first-order valence-electron chi connectivity index (χ1n) is 6.81. The number of ether oxygens (including phenoxy) is 2. The van der Waals surface area contributed by atoms with Crippen LogP contribution in [0.1, 0.15) is 20.7 Å². The molecule has 0 bridgehead atoms. The van der Waals surface area contributed by atoms with E-state index >= 15 is 0 Å². The number of rotatable bonds is 5. The molecule has 0 saturated heterocycles. The fourth-order valence-corrected chi connectivity index (χ4v) is 1.71. The van der Waals surface area contributed by atoms with Crippen molar-refractivity contribution in [2.75, 3.05) is 13.2 Å². The van der Waals surface area contributed by atoms with Gasteiger partial charge in [0.15, 0.2) is 24.8 Å². The van der Waals surface area contributed by atoms with E-state index in [0.29, 0.717) is 11.1 Å². The van der Waals surface area contributed by atoms with Gasteiger partial charge in [0, 0.05) is 24.3 Å². The normalized spacial score (nSPS) is 10.1. The summed E-state index contributed by atoms with van der Waals surface area (Å²) in [6.45, 7) is 0.0401.